The number of piperidine rings is 1. The van der Waals surface area contributed by atoms with E-state index < -0.39 is 0 Å². The molecule has 0 radical (unpaired) electrons. The maximum atomic E-state index is 12.4. The summed E-state index contributed by atoms with van der Waals surface area (Å²) in [6.07, 6.45) is 4.75. The van der Waals surface area contributed by atoms with Crippen LogP contribution >= 0.6 is 39.7 Å². The number of halogens is 2. The molecule has 106 valence electrons. The monoisotopic (exact) mass is 364 g/mol. The van der Waals surface area contributed by atoms with Crippen molar-refractivity contribution in [1.29, 1.82) is 0 Å². The maximum absolute atomic E-state index is 12.4. The summed E-state index contributed by atoms with van der Waals surface area (Å²) in [7, 11) is 1.95. The van der Waals surface area contributed by atoms with Crippen molar-refractivity contribution in [3.05, 3.63) is 20.8 Å². The van der Waals surface area contributed by atoms with Crippen LogP contribution < -0.4 is 5.32 Å². The van der Waals surface area contributed by atoms with Gasteiger partial charge in [0.2, 0.25) is 0 Å². The first-order valence-electron chi connectivity index (χ1n) is 6.42. The molecule has 1 amide bonds. The van der Waals surface area contributed by atoms with Gasteiger partial charge in [-0.15, -0.1) is 23.7 Å². The van der Waals surface area contributed by atoms with E-state index in [1.165, 1.54) is 24.2 Å². The van der Waals surface area contributed by atoms with Crippen molar-refractivity contribution in [3.8, 4) is 0 Å². The lowest BCUT2D eigenvalue weighted by atomic mass is 9.98. The topological polar surface area (TPSA) is 32.3 Å². The molecule has 3 nitrogen and oxygen atoms in total. The first-order chi connectivity index (χ1) is 8.63. The van der Waals surface area contributed by atoms with Gasteiger partial charge in [-0.2, -0.15) is 0 Å². The highest BCUT2D eigenvalue weighted by atomic mass is 79.9. The van der Waals surface area contributed by atoms with Gasteiger partial charge in [0.05, 0.1) is 8.66 Å². The Bertz CT molecular complexity index is 455. The Hall–Kier alpha value is -0.100. The van der Waals surface area contributed by atoms with E-state index in [1.807, 2.05) is 24.1 Å². The van der Waals surface area contributed by atoms with Crippen LogP contribution in [0.5, 0.6) is 0 Å². The van der Waals surface area contributed by atoms with E-state index >= 15 is 0 Å². The second-order valence-electron chi connectivity index (χ2n) is 5.28. The smallest absolute Gasteiger partial charge is 0.263 e. The molecule has 2 saturated heterocycles. The number of fused-ring (bicyclic) bond motifs is 2. The molecule has 2 aliphatic heterocycles. The van der Waals surface area contributed by atoms with Crippen molar-refractivity contribution in [1.82, 2.24) is 10.2 Å². The quantitative estimate of drug-likeness (QED) is 0.872. The van der Waals surface area contributed by atoms with Gasteiger partial charge >= 0.3 is 0 Å². The van der Waals surface area contributed by atoms with E-state index in [-0.39, 0.29) is 18.3 Å². The highest BCUT2D eigenvalue weighted by Crippen LogP contribution is 2.31. The van der Waals surface area contributed by atoms with Gasteiger partial charge in [0.25, 0.3) is 5.91 Å². The number of rotatable bonds is 2. The lowest BCUT2D eigenvalue weighted by Crippen LogP contribution is -2.48. The summed E-state index contributed by atoms with van der Waals surface area (Å²) in [6, 6.07) is 5.50. The first kappa shape index (κ1) is 15.3. The fraction of sp³-hybridized carbons (Fsp3) is 0.615. The number of hydrogen-bond donors (Lipinski definition) is 1. The van der Waals surface area contributed by atoms with Crippen LogP contribution in [0, 0.1) is 0 Å². The fourth-order valence-electron chi connectivity index (χ4n) is 3.11. The van der Waals surface area contributed by atoms with Gasteiger partial charge in [-0.05, 0) is 53.7 Å². The zero-order valence-electron chi connectivity index (χ0n) is 10.8. The number of nitrogens with one attached hydrogen (secondary N) is 1. The Morgan fingerprint density at radius 2 is 2.00 bits per heavy atom. The van der Waals surface area contributed by atoms with Crippen molar-refractivity contribution in [3.63, 3.8) is 0 Å². The molecule has 2 aliphatic rings. The van der Waals surface area contributed by atoms with Gasteiger partial charge in [-0.3, -0.25) is 4.79 Å². The van der Waals surface area contributed by atoms with Crippen LogP contribution in [0.25, 0.3) is 0 Å². The van der Waals surface area contributed by atoms with Crippen LogP contribution in [0.4, 0.5) is 0 Å². The summed E-state index contributed by atoms with van der Waals surface area (Å²) in [6.45, 7) is 0. The molecular formula is C13H18BrClN2OS. The Kier molecular flexibility index (Phi) is 4.93. The molecule has 2 atom stereocenters. The predicted octanol–water partition coefficient (Wildman–Crippen LogP) is 3.29. The van der Waals surface area contributed by atoms with Crippen LogP contribution in [0.15, 0.2) is 15.9 Å². The summed E-state index contributed by atoms with van der Waals surface area (Å²) in [5.74, 6) is 0.164. The molecule has 0 spiro atoms. The molecular weight excluding hydrogens is 348 g/mol. The van der Waals surface area contributed by atoms with Crippen LogP contribution in [0.1, 0.15) is 35.4 Å². The fourth-order valence-corrected chi connectivity index (χ4v) is 4.48. The molecule has 1 aromatic heterocycles. The van der Waals surface area contributed by atoms with Gasteiger partial charge in [0.15, 0.2) is 0 Å². The third-order valence-corrected chi connectivity index (χ3v) is 5.71. The molecule has 0 aliphatic carbocycles. The van der Waals surface area contributed by atoms with E-state index in [0.717, 1.165) is 21.5 Å². The Labute approximate surface area is 132 Å². The van der Waals surface area contributed by atoms with Crippen LogP contribution in [-0.2, 0) is 0 Å². The van der Waals surface area contributed by atoms with Gasteiger partial charge < -0.3 is 10.2 Å². The van der Waals surface area contributed by atoms with Gasteiger partial charge in [-0.1, -0.05) is 0 Å². The molecule has 2 fully saturated rings. The van der Waals surface area contributed by atoms with Gasteiger partial charge in [0, 0.05) is 25.2 Å². The van der Waals surface area contributed by atoms with Crippen molar-refractivity contribution >= 4 is 45.6 Å². The minimum absolute atomic E-state index is 0. The van der Waals surface area contributed by atoms with E-state index in [2.05, 4.69) is 21.2 Å². The Morgan fingerprint density at radius 1 is 1.37 bits per heavy atom. The zero-order chi connectivity index (χ0) is 12.7. The van der Waals surface area contributed by atoms with Gasteiger partial charge in [-0.25, -0.2) is 0 Å². The lowest BCUT2D eigenvalue weighted by Gasteiger charge is -2.35. The summed E-state index contributed by atoms with van der Waals surface area (Å²) in [4.78, 5) is 15.2. The van der Waals surface area contributed by atoms with Crippen LogP contribution in [0.2, 0.25) is 0 Å². The summed E-state index contributed by atoms with van der Waals surface area (Å²) < 4.78 is 1.02. The predicted molar refractivity (Wildman–Crippen MR) is 84.3 cm³/mol. The normalized spacial score (nSPS) is 28.8. The molecule has 1 aromatic rings. The number of carbonyl (C=O) groups excluding carboxylic acids is 1. The average molecular weight is 366 g/mol. The lowest BCUT2D eigenvalue weighted by molar-refractivity contribution is 0.0686. The number of amides is 1. The average Bonchev–Trinajstić information content (AvgIpc) is 2.94. The third-order valence-electron chi connectivity index (χ3n) is 4.10. The summed E-state index contributed by atoms with van der Waals surface area (Å²) >= 11 is 4.93. The van der Waals surface area contributed by atoms with Crippen molar-refractivity contribution in [2.45, 2.75) is 43.8 Å². The maximum Gasteiger partial charge on any atom is 0.263 e. The molecule has 2 unspecified atom stereocenters. The number of hydrogen-bond acceptors (Lipinski definition) is 3. The molecule has 0 saturated carbocycles. The SMILES string of the molecule is CN(C(=O)c1ccc(Br)s1)C1CC2CCC(C1)N2.Cl. The second kappa shape index (κ2) is 6.12. The third kappa shape index (κ3) is 3.15. The molecule has 3 heterocycles. The molecule has 3 rings (SSSR count). The molecule has 1 N–H and O–H groups in total. The van der Waals surface area contributed by atoms with Crippen LogP contribution in [-0.4, -0.2) is 36.0 Å². The summed E-state index contributed by atoms with van der Waals surface area (Å²) in [5.41, 5.74) is 0. The summed E-state index contributed by atoms with van der Waals surface area (Å²) in [5, 5.41) is 3.62. The Morgan fingerprint density at radius 3 is 2.53 bits per heavy atom. The first-order valence-corrected chi connectivity index (χ1v) is 8.03. The van der Waals surface area contributed by atoms with Crippen molar-refractivity contribution in [2.75, 3.05) is 7.05 Å². The molecule has 6 heteroatoms. The minimum Gasteiger partial charge on any atom is -0.338 e. The van der Waals surface area contributed by atoms with E-state index in [1.54, 1.807) is 0 Å². The highest BCUT2D eigenvalue weighted by Gasteiger charge is 2.36. The van der Waals surface area contributed by atoms with E-state index in [9.17, 15) is 4.79 Å². The van der Waals surface area contributed by atoms with Crippen molar-refractivity contribution in [2.24, 2.45) is 0 Å². The number of nitrogens with zero attached hydrogens (tertiary/aromatic N) is 1. The standard InChI is InChI=1S/C13H17BrN2OS.ClH/c1-16(13(17)11-4-5-12(14)18-11)10-6-8-2-3-9(7-10)15-8;/h4-5,8-10,15H,2-3,6-7H2,1H3;1H. The molecule has 2 bridgehead atoms. The Balaban J connectivity index is 0.00000133. The highest BCUT2D eigenvalue weighted by molar-refractivity contribution is 9.11. The van der Waals surface area contributed by atoms with Gasteiger partial charge in [0.1, 0.15) is 0 Å². The number of carbonyl (C=O) groups is 1. The zero-order valence-corrected chi connectivity index (χ0v) is 14.0. The molecule has 19 heavy (non-hydrogen) atoms. The second-order valence-corrected chi connectivity index (χ2v) is 7.75. The van der Waals surface area contributed by atoms with E-state index in [4.69, 9.17) is 0 Å². The largest absolute Gasteiger partial charge is 0.338 e. The number of thiophene rings is 1. The molecule has 0 aromatic carbocycles. The van der Waals surface area contributed by atoms with Crippen LogP contribution in [0.3, 0.4) is 0 Å². The van der Waals surface area contributed by atoms with Crippen molar-refractivity contribution < 1.29 is 4.79 Å². The minimum atomic E-state index is 0. The van der Waals surface area contributed by atoms with E-state index in [0.29, 0.717) is 18.1 Å².